The van der Waals surface area contributed by atoms with Crippen LogP contribution in [0, 0.1) is 33.5 Å². The van der Waals surface area contributed by atoms with E-state index in [9.17, 15) is 20.1 Å². The normalized spacial score (nSPS) is 16.3. The minimum atomic E-state index is -0.199. The Kier molecular flexibility index (Phi) is 8.89. The minimum absolute atomic E-state index is 0.0535. The molecule has 0 saturated carbocycles. The molecule has 8 heteroatoms. The molecule has 0 aliphatic heterocycles. The number of ketones is 2. The van der Waals surface area contributed by atoms with Crippen molar-refractivity contribution in [2.75, 3.05) is 0 Å². The first kappa shape index (κ1) is 32.8. The van der Waals surface area contributed by atoms with Crippen molar-refractivity contribution in [2.24, 2.45) is 10.8 Å². The van der Waals surface area contributed by atoms with Gasteiger partial charge in [-0.25, -0.2) is 0 Å². The second-order valence-corrected chi connectivity index (χ2v) is 17.6. The van der Waals surface area contributed by atoms with Crippen LogP contribution in [0.15, 0.2) is 79.4 Å². The van der Waals surface area contributed by atoms with E-state index in [4.69, 9.17) is 0 Å². The van der Waals surface area contributed by atoms with E-state index >= 15 is 0 Å². The molecule has 6 rings (SSSR count). The number of Topliss-reactive ketones (excluding diaryl/α,β-unsaturated/α-hetero) is 2. The summed E-state index contributed by atoms with van der Waals surface area (Å²) in [6, 6.07) is 24.3. The number of carbonyl (C=O) groups excluding carboxylic acids is 2. The van der Waals surface area contributed by atoms with E-state index in [1.165, 1.54) is 21.6 Å². The molecule has 0 spiro atoms. The van der Waals surface area contributed by atoms with Gasteiger partial charge in [-0.3, -0.25) is 9.59 Å². The van der Waals surface area contributed by atoms with Crippen molar-refractivity contribution in [3.05, 3.63) is 103 Å². The van der Waals surface area contributed by atoms with Gasteiger partial charge in [-0.05, 0) is 82.3 Å². The van der Waals surface area contributed by atoms with Crippen molar-refractivity contribution in [3.63, 3.8) is 0 Å². The molecule has 230 valence electrons. The molecule has 0 amide bonds. The summed E-state index contributed by atoms with van der Waals surface area (Å²) in [4.78, 5) is 28.7. The molecular weight excluding hydrogens is 740 g/mol. The van der Waals surface area contributed by atoms with Crippen molar-refractivity contribution >= 4 is 65.0 Å². The van der Waals surface area contributed by atoms with Gasteiger partial charge < -0.3 is 0 Å². The lowest BCUT2D eigenvalue weighted by molar-refractivity contribution is 0.0903. The number of rotatable bonds is 5. The highest BCUT2D eigenvalue weighted by Gasteiger charge is 2.37. The van der Waals surface area contributed by atoms with E-state index in [1.807, 2.05) is 60.7 Å². The van der Waals surface area contributed by atoms with Gasteiger partial charge in [0.1, 0.15) is 12.1 Å². The van der Waals surface area contributed by atoms with E-state index in [2.05, 4.69) is 71.7 Å². The fraction of sp³-hybridized carbons (Fsp3) is 0.263. The van der Waals surface area contributed by atoms with Crippen molar-refractivity contribution in [3.8, 4) is 34.4 Å². The Bertz CT molecular complexity index is 1870. The predicted octanol–water partition coefficient (Wildman–Crippen LogP) is 11.4. The van der Waals surface area contributed by atoms with Gasteiger partial charge >= 0.3 is 0 Å². The first-order valence-corrected chi connectivity index (χ1v) is 18.7. The van der Waals surface area contributed by atoms with Crippen LogP contribution in [0.3, 0.4) is 0 Å². The van der Waals surface area contributed by atoms with Gasteiger partial charge in [0.25, 0.3) is 0 Å². The lowest BCUT2D eigenvalue weighted by Gasteiger charge is -2.33. The van der Waals surface area contributed by atoms with E-state index in [0.29, 0.717) is 46.2 Å². The van der Waals surface area contributed by atoms with Crippen LogP contribution in [0.2, 0.25) is 0 Å². The van der Waals surface area contributed by atoms with Crippen molar-refractivity contribution in [1.82, 2.24) is 0 Å². The monoisotopic (exact) mass is 768 g/mol. The molecule has 0 saturated heterocycles. The number of hydrogen-bond acceptors (Lipinski definition) is 6. The fourth-order valence-electron chi connectivity index (χ4n) is 6.79. The smallest absolute Gasteiger partial charge is 0.164 e. The number of carbonyl (C=O) groups is 2. The molecule has 0 fully saturated rings. The highest BCUT2D eigenvalue weighted by molar-refractivity contribution is 9.10. The number of nitriles is 2. The molecular formula is C38H30Br2N2O2S2. The molecule has 4 aromatic carbocycles. The maximum atomic E-state index is 13.6. The summed E-state index contributed by atoms with van der Waals surface area (Å²) in [6.07, 6.45) is 2.28. The second-order valence-electron chi connectivity index (χ2n) is 13.6. The summed E-state index contributed by atoms with van der Waals surface area (Å²) in [7, 11) is 2.86. The molecule has 4 aromatic rings. The molecule has 0 unspecified atom stereocenters. The lowest BCUT2D eigenvalue weighted by atomic mass is 9.71. The molecule has 0 N–H and O–H groups in total. The largest absolute Gasteiger partial charge is 0.294 e. The van der Waals surface area contributed by atoms with Gasteiger partial charge in [-0.1, -0.05) is 105 Å². The molecule has 0 bridgehead atoms. The van der Waals surface area contributed by atoms with Crippen LogP contribution in [-0.2, 0) is 12.8 Å². The molecule has 0 atom stereocenters. The number of hydrogen-bond donors (Lipinski definition) is 0. The standard InChI is InChI=1S/C38H30Br2N2O2S2/c1-37(2)15-23-13-31(27(19-41)33(35(23)29(43)17-37)21-5-9-25(39)10-6-21)45-46-32-14-24-16-38(3,4)18-30(44)36(24)34(28(32)20-42)22-7-11-26(40)12-8-22/h5-14H,15-18H2,1-4H3. The Morgan fingerprint density at radius 2 is 0.935 bits per heavy atom. The average molecular weight is 771 g/mol. The summed E-state index contributed by atoms with van der Waals surface area (Å²) in [6.45, 7) is 8.41. The van der Waals surface area contributed by atoms with Crippen molar-refractivity contribution < 1.29 is 9.59 Å². The molecule has 0 aromatic heterocycles. The van der Waals surface area contributed by atoms with Gasteiger partial charge in [0.15, 0.2) is 11.6 Å². The van der Waals surface area contributed by atoms with Crippen molar-refractivity contribution in [2.45, 2.75) is 63.2 Å². The predicted molar refractivity (Wildman–Crippen MR) is 193 cm³/mol. The third-order valence-corrected chi connectivity index (χ3v) is 12.1. The van der Waals surface area contributed by atoms with Gasteiger partial charge in [0, 0.05) is 53.8 Å². The maximum Gasteiger partial charge on any atom is 0.164 e. The summed E-state index contributed by atoms with van der Waals surface area (Å²) in [5.41, 5.74) is 6.64. The third kappa shape index (κ3) is 6.26. The number of halogens is 2. The van der Waals surface area contributed by atoms with Crippen LogP contribution in [0.1, 0.15) is 83.5 Å². The lowest BCUT2D eigenvalue weighted by Crippen LogP contribution is -2.28. The van der Waals surface area contributed by atoms with Crippen LogP contribution in [-0.4, -0.2) is 11.6 Å². The van der Waals surface area contributed by atoms with Gasteiger partial charge in [-0.15, -0.1) is 0 Å². The molecule has 0 radical (unpaired) electrons. The molecule has 2 aliphatic rings. The Labute approximate surface area is 294 Å². The highest BCUT2D eigenvalue weighted by atomic mass is 79.9. The topological polar surface area (TPSA) is 81.7 Å². The van der Waals surface area contributed by atoms with E-state index < -0.39 is 0 Å². The Hall–Kier alpha value is -3.14. The first-order valence-electron chi connectivity index (χ1n) is 14.9. The first-order chi connectivity index (χ1) is 21.8. The summed E-state index contributed by atoms with van der Waals surface area (Å²) < 4.78 is 1.83. The quantitative estimate of drug-likeness (QED) is 0.188. The van der Waals surface area contributed by atoms with Crippen LogP contribution in [0.25, 0.3) is 22.3 Å². The molecule has 4 nitrogen and oxygen atoms in total. The SMILES string of the molecule is CC1(C)CC(=O)c2c(cc(SSc3cc4c(c(-c5ccc(Br)cc5)c3C#N)C(=O)CC(C)(C)C4)c(C#N)c2-c2ccc(Br)cc2)C1. The minimum Gasteiger partial charge on any atom is -0.294 e. The van der Waals surface area contributed by atoms with E-state index in [0.717, 1.165) is 53.8 Å². The number of nitrogens with zero attached hydrogens (tertiary/aromatic N) is 2. The second kappa shape index (κ2) is 12.5. The maximum absolute atomic E-state index is 13.6. The Morgan fingerprint density at radius 1 is 0.587 bits per heavy atom. The van der Waals surface area contributed by atoms with Crippen LogP contribution in [0.5, 0.6) is 0 Å². The molecule has 2 aliphatic carbocycles. The summed E-state index contributed by atoms with van der Waals surface area (Å²) in [5, 5.41) is 21.2. The zero-order chi connectivity index (χ0) is 33.0. The number of benzene rings is 4. The third-order valence-electron chi connectivity index (χ3n) is 8.63. The van der Waals surface area contributed by atoms with Gasteiger partial charge in [-0.2, -0.15) is 10.5 Å². The molecule has 0 heterocycles. The van der Waals surface area contributed by atoms with Crippen LogP contribution < -0.4 is 0 Å². The highest BCUT2D eigenvalue weighted by Crippen LogP contribution is 2.50. The average Bonchev–Trinajstić information content (AvgIpc) is 2.98. The molecule has 46 heavy (non-hydrogen) atoms. The summed E-state index contributed by atoms with van der Waals surface area (Å²) >= 11 is 7.02. The van der Waals surface area contributed by atoms with Gasteiger partial charge in [0.2, 0.25) is 0 Å². The van der Waals surface area contributed by atoms with Crippen LogP contribution in [0.4, 0.5) is 0 Å². The fourth-order valence-corrected chi connectivity index (χ4v) is 9.67. The van der Waals surface area contributed by atoms with Gasteiger partial charge in [0.05, 0.1) is 11.1 Å². The zero-order valence-electron chi connectivity index (χ0n) is 25.9. The van der Waals surface area contributed by atoms with E-state index in [-0.39, 0.29) is 22.4 Å². The Balaban J connectivity index is 1.52. The van der Waals surface area contributed by atoms with Crippen LogP contribution >= 0.6 is 53.4 Å². The summed E-state index contributed by atoms with van der Waals surface area (Å²) in [5.74, 6) is 0.107. The zero-order valence-corrected chi connectivity index (χ0v) is 30.7. The number of fused-ring (bicyclic) bond motifs is 2. The van der Waals surface area contributed by atoms with E-state index in [1.54, 1.807) is 0 Å². The Morgan fingerprint density at radius 3 is 1.26 bits per heavy atom. The van der Waals surface area contributed by atoms with Crippen molar-refractivity contribution in [1.29, 1.82) is 10.5 Å².